The number of rotatable bonds is 5. The van der Waals surface area contributed by atoms with Gasteiger partial charge in [-0.2, -0.15) is 0 Å². The van der Waals surface area contributed by atoms with Crippen molar-refractivity contribution >= 4 is 5.82 Å². The van der Waals surface area contributed by atoms with E-state index in [1.54, 1.807) is 6.20 Å². The van der Waals surface area contributed by atoms with E-state index in [0.717, 1.165) is 30.7 Å². The van der Waals surface area contributed by atoms with Crippen molar-refractivity contribution < 1.29 is 4.74 Å². The van der Waals surface area contributed by atoms with Gasteiger partial charge < -0.3 is 15.8 Å². The summed E-state index contributed by atoms with van der Waals surface area (Å²) in [5, 5.41) is 3.53. The lowest BCUT2D eigenvalue weighted by molar-refractivity contribution is 0.178. The van der Waals surface area contributed by atoms with Gasteiger partial charge in [0.1, 0.15) is 17.7 Å². The number of pyridine rings is 1. The van der Waals surface area contributed by atoms with Crippen LogP contribution in [0, 0.1) is 0 Å². The fraction of sp³-hybridized carbons (Fsp3) is 0.353. The van der Waals surface area contributed by atoms with Crippen LogP contribution in [-0.2, 0) is 12.8 Å². The predicted molar refractivity (Wildman–Crippen MR) is 84.4 cm³/mol. The molecule has 4 nitrogen and oxygen atoms in total. The summed E-state index contributed by atoms with van der Waals surface area (Å²) in [6.07, 6.45) is 3.63. The number of nitrogens with two attached hydrogens (primary N) is 1. The largest absolute Gasteiger partial charge is 0.488 e. The minimum absolute atomic E-state index is 0.141. The van der Waals surface area contributed by atoms with E-state index in [9.17, 15) is 0 Å². The van der Waals surface area contributed by atoms with Crippen LogP contribution in [-0.4, -0.2) is 23.7 Å². The van der Waals surface area contributed by atoms with E-state index >= 15 is 0 Å². The second-order valence-corrected chi connectivity index (χ2v) is 5.38. The summed E-state index contributed by atoms with van der Waals surface area (Å²) >= 11 is 0. The van der Waals surface area contributed by atoms with E-state index in [1.165, 1.54) is 5.56 Å². The number of para-hydroxylation sites is 1. The Balaban J connectivity index is 1.76. The molecule has 0 spiro atoms. The number of nitrogens with zero attached hydrogens (tertiary/aromatic N) is 1. The van der Waals surface area contributed by atoms with Crippen LogP contribution < -0.4 is 15.8 Å². The van der Waals surface area contributed by atoms with E-state index in [-0.39, 0.29) is 12.1 Å². The molecule has 1 aromatic heterocycles. The summed E-state index contributed by atoms with van der Waals surface area (Å²) in [6, 6.07) is 12.4. The van der Waals surface area contributed by atoms with Crippen molar-refractivity contribution in [2.45, 2.75) is 31.9 Å². The molecule has 1 aliphatic heterocycles. The summed E-state index contributed by atoms with van der Waals surface area (Å²) in [7, 11) is 0. The Hall–Kier alpha value is -2.07. The van der Waals surface area contributed by atoms with E-state index in [1.807, 2.05) is 24.3 Å². The molecule has 2 atom stereocenters. The number of nitrogen functional groups attached to an aromatic ring is 1. The third-order valence-electron chi connectivity index (χ3n) is 3.95. The molecule has 0 saturated heterocycles. The Labute approximate surface area is 125 Å². The molecule has 0 bridgehead atoms. The summed E-state index contributed by atoms with van der Waals surface area (Å²) in [5.74, 6) is 1.61. The van der Waals surface area contributed by atoms with Crippen LogP contribution in [0.1, 0.15) is 18.1 Å². The Bertz CT molecular complexity index is 589. The Morgan fingerprint density at radius 2 is 2.19 bits per heavy atom. The Morgan fingerprint density at radius 3 is 2.95 bits per heavy atom. The quantitative estimate of drug-likeness (QED) is 0.883. The normalized spacial score (nSPS) is 18.0. The van der Waals surface area contributed by atoms with Crippen LogP contribution in [0.15, 0.2) is 42.6 Å². The first-order valence-corrected chi connectivity index (χ1v) is 7.45. The molecule has 0 radical (unpaired) electrons. The number of fused-ring (bicyclic) bond motifs is 1. The van der Waals surface area contributed by atoms with Gasteiger partial charge in [-0.1, -0.05) is 31.2 Å². The SMILES string of the molecule is CCNC(Cc1cccnc1N)C1Cc2ccccc2O1. The van der Waals surface area contributed by atoms with Crippen LogP contribution in [0.4, 0.5) is 5.82 Å². The molecule has 4 heteroatoms. The molecular weight excluding hydrogens is 262 g/mol. The maximum absolute atomic E-state index is 6.11. The zero-order valence-corrected chi connectivity index (χ0v) is 12.3. The van der Waals surface area contributed by atoms with E-state index in [0.29, 0.717) is 5.82 Å². The van der Waals surface area contributed by atoms with E-state index in [2.05, 4.69) is 29.4 Å². The highest BCUT2D eigenvalue weighted by molar-refractivity contribution is 5.40. The zero-order chi connectivity index (χ0) is 14.7. The lowest BCUT2D eigenvalue weighted by Gasteiger charge is -2.24. The first-order valence-electron chi connectivity index (χ1n) is 7.45. The van der Waals surface area contributed by atoms with Gasteiger partial charge in [0.15, 0.2) is 0 Å². The molecule has 2 heterocycles. The fourth-order valence-electron chi connectivity index (χ4n) is 2.89. The average molecular weight is 283 g/mol. The van der Waals surface area contributed by atoms with Gasteiger partial charge in [-0.05, 0) is 36.2 Å². The zero-order valence-electron chi connectivity index (χ0n) is 12.3. The van der Waals surface area contributed by atoms with Gasteiger partial charge in [-0.3, -0.25) is 0 Å². The maximum Gasteiger partial charge on any atom is 0.126 e. The van der Waals surface area contributed by atoms with Crippen molar-refractivity contribution in [3.63, 3.8) is 0 Å². The molecule has 0 fully saturated rings. The Kier molecular flexibility index (Phi) is 4.06. The molecule has 0 aliphatic carbocycles. The van der Waals surface area contributed by atoms with Crippen molar-refractivity contribution in [2.75, 3.05) is 12.3 Å². The van der Waals surface area contributed by atoms with Gasteiger partial charge in [0.25, 0.3) is 0 Å². The third-order valence-corrected chi connectivity index (χ3v) is 3.95. The second-order valence-electron chi connectivity index (χ2n) is 5.38. The van der Waals surface area contributed by atoms with Crippen molar-refractivity contribution in [3.8, 4) is 5.75 Å². The molecule has 2 unspecified atom stereocenters. The van der Waals surface area contributed by atoms with Crippen LogP contribution in [0.25, 0.3) is 0 Å². The lowest BCUT2D eigenvalue weighted by atomic mass is 9.98. The Morgan fingerprint density at radius 1 is 1.33 bits per heavy atom. The minimum atomic E-state index is 0.141. The number of ether oxygens (including phenoxy) is 1. The predicted octanol–water partition coefficient (Wildman–Crippen LogP) is 2.19. The molecule has 21 heavy (non-hydrogen) atoms. The highest BCUT2D eigenvalue weighted by Gasteiger charge is 2.30. The molecule has 1 aliphatic rings. The first kappa shape index (κ1) is 13.9. The molecule has 0 amide bonds. The van der Waals surface area contributed by atoms with Crippen LogP contribution in [0.5, 0.6) is 5.75 Å². The summed E-state index contributed by atoms with van der Waals surface area (Å²) in [6.45, 7) is 3.02. The maximum atomic E-state index is 6.11. The van der Waals surface area contributed by atoms with Crippen LogP contribution in [0.3, 0.4) is 0 Å². The van der Waals surface area contributed by atoms with E-state index in [4.69, 9.17) is 10.5 Å². The number of benzene rings is 1. The molecule has 1 aromatic carbocycles. The number of hydrogen-bond acceptors (Lipinski definition) is 4. The van der Waals surface area contributed by atoms with Crippen LogP contribution >= 0.6 is 0 Å². The van der Waals surface area contributed by atoms with Gasteiger partial charge in [0, 0.05) is 18.7 Å². The monoisotopic (exact) mass is 283 g/mol. The van der Waals surface area contributed by atoms with Crippen molar-refractivity contribution in [1.29, 1.82) is 0 Å². The lowest BCUT2D eigenvalue weighted by Crippen LogP contribution is -2.44. The van der Waals surface area contributed by atoms with Crippen molar-refractivity contribution in [3.05, 3.63) is 53.7 Å². The molecule has 110 valence electrons. The number of nitrogens with one attached hydrogen (secondary N) is 1. The van der Waals surface area contributed by atoms with Crippen molar-refractivity contribution in [2.24, 2.45) is 0 Å². The summed E-state index contributed by atoms with van der Waals surface area (Å²) in [4.78, 5) is 4.17. The highest BCUT2D eigenvalue weighted by atomic mass is 16.5. The number of hydrogen-bond donors (Lipinski definition) is 2. The second kappa shape index (κ2) is 6.14. The van der Waals surface area contributed by atoms with Gasteiger partial charge >= 0.3 is 0 Å². The smallest absolute Gasteiger partial charge is 0.126 e. The first-order chi connectivity index (χ1) is 10.3. The van der Waals surface area contributed by atoms with Gasteiger partial charge in [0.05, 0.1) is 0 Å². The highest BCUT2D eigenvalue weighted by Crippen LogP contribution is 2.30. The number of anilines is 1. The van der Waals surface area contributed by atoms with Gasteiger partial charge in [0.2, 0.25) is 0 Å². The topological polar surface area (TPSA) is 60.2 Å². The van der Waals surface area contributed by atoms with Gasteiger partial charge in [-0.25, -0.2) is 4.98 Å². The number of aromatic nitrogens is 1. The fourth-order valence-corrected chi connectivity index (χ4v) is 2.89. The van der Waals surface area contributed by atoms with Gasteiger partial charge in [-0.15, -0.1) is 0 Å². The molecule has 2 aromatic rings. The molecular formula is C17H21N3O. The summed E-state index contributed by atoms with van der Waals surface area (Å²) in [5.41, 5.74) is 8.32. The van der Waals surface area contributed by atoms with E-state index < -0.39 is 0 Å². The molecule has 0 saturated carbocycles. The van der Waals surface area contributed by atoms with Crippen LogP contribution in [0.2, 0.25) is 0 Å². The summed E-state index contributed by atoms with van der Waals surface area (Å²) < 4.78 is 6.11. The van der Waals surface area contributed by atoms with Crippen molar-refractivity contribution in [1.82, 2.24) is 10.3 Å². The average Bonchev–Trinajstić information content (AvgIpc) is 2.93. The molecule has 3 N–H and O–H groups in total. The minimum Gasteiger partial charge on any atom is -0.488 e. The molecule has 3 rings (SSSR count). The standard InChI is InChI=1S/C17H21N3O/c1-2-19-14(10-13-7-5-9-20-17(13)18)16-11-12-6-3-4-8-15(12)21-16/h3-9,14,16,19H,2,10-11H2,1H3,(H2,18,20). The number of likely N-dealkylation sites (N-methyl/N-ethyl adjacent to an activating group) is 1. The third kappa shape index (κ3) is 3.00.